The quantitative estimate of drug-likeness (QED) is 0.0926. The van der Waals surface area contributed by atoms with E-state index in [1.54, 1.807) is 33.5 Å². The number of likely N-dealkylation sites (tertiary alicyclic amines) is 2. The van der Waals surface area contributed by atoms with Crippen LogP contribution in [0.4, 0.5) is 14.0 Å². The number of carbonyl (C=O) groups is 4. The third-order valence-electron chi connectivity index (χ3n) is 13.7. The van der Waals surface area contributed by atoms with Crippen molar-refractivity contribution in [3.63, 3.8) is 0 Å². The Morgan fingerprint density at radius 2 is 1.35 bits per heavy atom. The van der Waals surface area contributed by atoms with Gasteiger partial charge in [-0.1, -0.05) is 47.6 Å². The molecule has 4 amide bonds. The number of aromatic amines is 2. The number of ether oxygens (including phenoxy) is 3. The van der Waals surface area contributed by atoms with E-state index in [-0.39, 0.29) is 35.7 Å². The van der Waals surface area contributed by atoms with E-state index in [0.717, 1.165) is 46.3 Å². The minimum absolute atomic E-state index is 0.153. The number of amides is 4. The van der Waals surface area contributed by atoms with Crippen LogP contribution in [0.25, 0.3) is 44.7 Å². The number of hydrogen-bond acceptors (Lipinski definition) is 10. The van der Waals surface area contributed by atoms with Gasteiger partial charge in [-0.05, 0) is 92.3 Å². The number of nitrogens with zero attached hydrogens (tertiary/aromatic N) is 5. The molecule has 4 aromatic heterocycles. The van der Waals surface area contributed by atoms with Crippen LogP contribution in [-0.2, 0) is 19.1 Å². The lowest BCUT2D eigenvalue weighted by Gasteiger charge is -2.30. The molecule has 364 valence electrons. The number of H-pyrrole nitrogens is 2. The highest BCUT2D eigenvalue weighted by Gasteiger charge is 2.40. The van der Waals surface area contributed by atoms with Crippen molar-refractivity contribution in [2.75, 3.05) is 27.3 Å². The van der Waals surface area contributed by atoms with Gasteiger partial charge in [-0.15, -0.1) is 11.3 Å². The van der Waals surface area contributed by atoms with Gasteiger partial charge in [-0.25, -0.2) is 23.9 Å². The zero-order valence-electron chi connectivity index (χ0n) is 40.4. The second kappa shape index (κ2) is 19.0. The molecule has 2 saturated heterocycles. The first-order valence-electron chi connectivity index (χ1n) is 23.7. The van der Waals surface area contributed by atoms with Crippen LogP contribution in [-0.4, -0.2) is 97.7 Å². The minimum Gasteiger partial charge on any atom is -0.464 e. The molecule has 18 heteroatoms. The average Bonchev–Trinajstić information content (AvgIpc) is 4.19. The molecule has 5 atom stereocenters. The first-order valence-corrected chi connectivity index (χ1v) is 24.5. The number of fused-ring (bicyclic) bond motifs is 5. The van der Waals surface area contributed by atoms with Gasteiger partial charge in [0.25, 0.3) is 0 Å². The zero-order valence-corrected chi connectivity index (χ0v) is 41.3. The summed E-state index contributed by atoms with van der Waals surface area (Å²) in [5, 5.41) is 6.28. The Hall–Kier alpha value is -6.69. The molecule has 0 bridgehead atoms. The summed E-state index contributed by atoms with van der Waals surface area (Å²) in [5.41, 5.74) is 5.80. The Morgan fingerprint density at radius 3 is 1.87 bits per heavy atom. The molecule has 7 heterocycles. The Labute approximate surface area is 404 Å². The minimum atomic E-state index is -0.772. The summed E-state index contributed by atoms with van der Waals surface area (Å²) >= 11 is 1.69. The molecule has 0 radical (unpaired) electrons. The molecule has 16 nitrogen and oxygen atoms in total. The highest BCUT2D eigenvalue weighted by atomic mass is 32.1. The smallest absolute Gasteiger partial charge is 0.407 e. The molecule has 1 unspecified atom stereocenters. The molecule has 2 fully saturated rings. The van der Waals surface area contributed by atoms with Gasteiger partial charge < -0.3 is 44.6 Å². The predicted octanol–water partition coefficient (Wildman–Crippen LogP) is 9.75. The van der Waals surface area contributed by atoms with Crippen LogP contribution in [0.2, 0.25) is 0 Å². The van der Waals surface area contributed by atoms with E-state index < -0.39 is 36.3 Å². The van der Waals surface area contributed by atoms with E-state index in [2.05, 4.69) is 58.1 Å². The van der Waals surface area contributed by atoms with Crippen molar-refractivity contribution >= 4 is 46.2 Å². The zero-order chi connectivity index (χ0) is 49.0. The van der Waals surface area contributed by atoms with Gasteiger partial charge in [-0.3, -0.25) is 14.2 Å². The molecule has 69 heavy (non-hydrogen) atoms. The number of alkyl carbamates (subject to hydrolysis) is 2. The molecule has 9 rings (SSSR count). The van der Waals surface area contributed by atoms with E-state index in [0.29, 0.717) is 65.3 Å². The molecule has 3 aliphatic heterocycles. The third kappa shape index (κ3) is 8.83. The number of aryl methyl sites for hydroxylation is 1. The summed E-state index contributed by atoms with van der Waals surface area (Å²) in [6, 6.07) is 11.4. The Kier molecular flexibility index (Phi) is 13.1. The van der Waals surface area contributed by atoms with E-state index in [1.807, 2.05) is 52.0 Å². The standard InChI is InChI=1S/C51H60FN9O7S/c1-25(2)42(57-50(64)66-8)47(62)59-16-10-12-36(59)45-53-23-33(55-45)29-14-15-35-31(19-29)21-38-41-32(52)20-30(22-39(41)68-49(61(35)38)40-18-28(7)44(69-40)27(5)6)34-24-54-46(56-34)37-13-11-17-60(37)48(63)43(26(3)4)58-51(65)67-9/h14-15,18-27,36-37,42-43,49H,10-13,16-17H2,1-9H3,(H,53,55)(H,54,56)(H,57,64)(H,58,65)/t36-,37-,42-,43-,49?/m0/s1. The van der Waals surface area contributed by atoms with E-state index in [4.69, 9.17) is 24.2 Å². The highest BCUT2D eigenvalue weighted by Crippen LogP contribution is 2.49. The molecular formula is C51H60FN9O7S. The molecule has 6 aromatic rings. The van der Waals surface area contributed by atoms with Gasteiger partial charge >= 0.3 is 12.2 Å². The summed E-state index contributed by atoms with van der Waals surface area (Å²) in [5.74, 6) is 0.736. The maximum atomic E-state index is 17.0. The number of aromatic nitrogens is 5. The van der Waals surface area contributed by atoms with Crippen LogP contribution in [0.15, 0.2) is 54.9 Å². The van der Waals surface area contributed by atoms with Crippen LogP contribution in [0, 0.1) is 24.6 Å². The molecular weight excluding hydrogens is 902 g/mol. The molecule has 0 saturated carbocycles. The summed E-state index contributed by atoms with van der Waals surface area (Å²) < 4.78 is 35.6. The Bertz CT molecular complexity index is 2930. The van der Waals surface area contributed by atoms with Crippen molar-refractivity contribution in [3.05, 3.63) is 87.6 Å². The fourth-order valence-electron chi connectivity index (χ4n) is 10.2. The third-order valence-corrected chi connectivity index (χ3v) is 15.2. The van der Waals surface area contributed by atoms with Crippen molar-refractivity contribution in [3.8, 4) is 39.5 Å². The van der Waals surface area contributed by atoms with Crippen LogP contribution in [0.3, 0.4) is 0 Å². The number of imidazole rings is 2. The maximum absolute atomic E-state index is 17.0. The fourth-order valence-corrected chi connectivity index (χ4v) is 11.4. The first kappa shape index (κ1) is 47.4. The number of nitrogens with one attached hydrogen (secondary N) is 4. The van der Waals surface area contributed by atoms with E-state index in [9.17, 15) is 19.2 Å². The summed E-state index contributed by atoms with van der Waals surface area (Å²) in [6.45, 7) is 15.0. The van der Waals surface area contributed by atoms with Crippen LogP contribution in [0.5, 0.6) is 5.75 Å². The van der Waals surface area contributed by atoms with Crippen LogP contribution in [0.1, 0.15) is 118 Å². The lowest BCUT2D eigenvalue weighted by Crippen LogP contribution is -2.51. The molecule has 0 spiro atoms. The average molecular weight is 962 g/mol. The van der Waals surface area contributed by atoms with Crippen molar-refractivity contribution in [1.82, 2.24) is 44.9 Å². The molecule has 3 aliphatic rings. The molecule has 2 aromatic carbocycles. The topological polar surface area (TPSA) is 189 Å². The molecule has 0 aliphatic carbocycles. The number of benzene rings is 2. The second-order valence-corrected chi connectivity index (χ2v) is 20.4. The summed E-state index contributed by atoms with van der Waals surface area (Å²) in [6.07, 6.45) is 4.47. The van der Waals surface area contributed by atoms with Crippen LogP contribution >= 0.6 is 11.3 Å². The largest absolute Gasteiger partial charge is 0.464 e. The monoisotopic (exact) mass is 961 g/mol. The van der Waals surface area contributed by atoms with Crippen LogP contribution < -0.4 is 15.4 Å². The van der Waals surface area contributed by atoms with Crippen molar-refractivity contribution in [2.45, 2.75) is 110 Å². The summed E-state index contributed by atoms with van der Waals surface area (Å²) in [4.78, 5) is 74.1. The summed E-state index contributed by atoms with van der Waals surface area (Å²) in [7, 11) is 2.55. The molecule has 4 N–H and O–H groups in total. The number of halogens is 1. The lowest BCUT2D eigenvalue weighted by atomic mass is 10.0. The van der Waals surface area contributed by atoms with Gasteiger partial charge in [0.15, 0.2) is 0 Å². The Balaban J connectivity index is 1.05. The normalized spacial score (nSPS) is 18.7. The van der Waals surface area contributed by atoms with Gasteiger partial charge in [0, 0.05) is 34.5 Å². The van der Waals surface area contributed by atoms with Crippen molar-refractivity contribution < 1.29 is 37.8 Å². The SMILES string of the molecule is COC(=O)N[C@H](C(=O)N1CCC[C@H]1c1ncc(-c2cc(F)c3c(c2)OC(c2cc(C)c(C(C)C)s2)n2c-3cc3cc(-c4cnc([C@@H]5CCCN5C(=O)[C@@H](NC(=O)OC)C(C)C)[nH]4)ccc32)[nH]1)C(C)C. The van der Waals surface area contributed by atoms with Gasteiger partial charge in [0.2, 0.25) is 18.0 Å². The van der Waals surface area contributed by atoms with Gasteiger partial charge in [0.05, 0.1) is 71.7 Å². The van der Waals surface area contributed by atoms with Gasteiger partial charge in [-0.2, -0.15) is 0 Å². The van der Waals surface area contributed by atoms with Gasteiger partial charge in [0.1, 0.15) is 35.3 Å². The fraction of sp³-hybridized carbons (Fsp3) is 0.451. The second-order valence-electron chi connectivity index (χ2n) is 19.3. The maximum Gasteiger partial charge on any atom is 0.407 e. The number of methoxy groups -OCH3 is 2. The number of carbonyl (C=O) groups excluding carboxylic acids is 4. The van der Waals surface area contributed by atoms with Crippen molar-refractivity contribution in [2.24, 2.45) is 11.8 Å². The van der Waals surface area contributed by atoms with E-state index >= 15 is 4.39 Å². The van der Waals surface area contributed by atoms with E-state index in [1.165, 1.54) is 30.7 Å². The predicted molar refractivity (Wildman–Crippen MR) is 260 cm³/mol. The van der Waals surface area contributed by atoms with Crippen molar-refractivity contribution in [1.29, 1.82) is 0 Å². The lowest BCUT2D eigenvalue weighted by molar-refractivity contribution is -0.136. The number of thiophene rings is 1. The highest BCUT2D eigenvalue weighted by molar-refractivity contribution is 7.12. The number of hydrogen-bond donors (Lipinski definition) is 4. The number of rotatable bonds is 12. The first-order chi connectivity index (χ1) is 33.1. The Morgan fingerprint density at radius 1 is 0.783 bits per heavy atom.